The van der Waals surface area contributed by atoms with Gasteiger partial charge in [0.1, 0.15) is 0 Å². The van der Waals surface area contributed by atoms with Crippen LogP contribution in [0.15, 0.2) is 12.4 Å². The first kappa shape index (κ1) is 11.6. The van der Waals surface area contributed by atoms with Crippen molar-refractivity contribution < 1.29 is 9.59 Å². The fourth-order valence-electron chi connectivity index (χ4n) is 1.90. The van der Waals surface area contributed by atoms with Crippen molar-refractivity contribution in [1.82, 2.24) is 15.1 Å². The van der Waals surface area contributed by atoms with E-state index in [4.69, 9.17) is 0 Å². The first-order valence-electron chi connectivity index (χ1n) is 5.82. The van der Waals surface area contributed by atoms with Gasteiger partial charge in [0.25, 0.3) is 0 Å². The maximum atomic E-state index is 11.7. The second kappa shape index (κ2) is 5.47. The lowest BCUT2D eigenvalue weighted by Gasteiger charge is -2.19. The fourth-order valence-corrected chi connectivity index (χ4v) is 1.90. The number of rotatable bonds is 3. The maximum Gasteiger partial charge on any atom is 0.244 e. The number of amides is 2. The van der Waals surface area contributed by atoms with Crippen LogP contribution in [-0.2, 0) is 9.59 Å². The highest BCUT2D eigenvalue weighted by Crippen LogP contribution is 2.11. The number of hydrogen-bond acceptors (Lipinski definition) is 3. The van der Waals surface area contributed by atoms with Gasteiger partial charge in [0.15, 0.2) is 0 Å². The van der Waals surface area contributed by atoms with Crippen molar-refractivity contribution >= 4 is 17.5 Å². The summed E-state index contributed by atoms with van der Waals surface area (Å²) in [5.74, 6) is -0.105. The van der Waals surface area contributed by atoms with Crippen LogP contribution in [0.5, 0.6) is 0 Å². The fraction of sp³-hybridized carbons (Fsp3) is 0.545. The van der Waals surface area contributed by atoms with E-state index in [1.165, 1.54) is 6.20 Å². The van der Waals surface area contributed by atoms with Gasteiger partial charge in [-0.15, -0.1) is 0 Å². The first-order valence-corrected chi connectivity index (χ1v) is 5.82. The number of carbonyl (C=O) groups is 2. The second-order valence-corrected chi connectivity index (χ2v) is 4.16. The zero-order valence-electron chi connectivity index (χ0n) is 9.61. The Hall–Kier alpha value is -1.85. The molecule has 0 unspecified atom stereocenters. The van der Waals surface area contributed by atoms with E-state index in [1.807, 2.05) is 0 Å². The summed E-state index contributed by atoms with van der Waals surface area (Å²) < 4.78 is 0. The van der Waals surface area contributed by atoms with E-state index >= 15 is 0 Å². The number of hydrogen-bond donors (Lipinski definition) is 2. The molecule has 0 aromatic carbocycles. The molecule has 0 spiro atoms. The largest absolute Gasteiger partial charge is 0.333 e. The summed E-state index contributed by atoms with van der Waals surface area (Å²) in [6.07, 6.45) is 6.65. The minimum absolute atomic E-state index is 0.0739. The molecular formula is C11H16N4O2. The van der Waals surface area contributed by atoms with Crippen LogP contribution in [0.25, 0.3) is 0 Å². The third kappa shape index (κ3) is 3.30. The van der Waals surface area contributed by atoms with Crippen LogP contribution in [0.3, 0.4) is 0 Å². The molecule has 0 saturated carbocycles. The molecule has 0 atom stereocenters. The minimum Gasteiger partial charge on any atom is -0.333 e. The van der Waals surface area contributed by atoms with Crippen LogP contribution in [0.2, 0.25) is 0 Å². The molecule has 1 aromatic heterocycles. The summed E-state index contributed by atoms with van der Waals surface area (Å²) in [7, 11) is 0. The van der Waals surface area contributed by atoms with Gasteiger partial charge >= 0.3 is 0 Å². The van der Waals surface area contributed by atoms with Crippen LogP contribution >= 0.6 is 0 Å². The molecule has 17 heavy (non-hydrogen) atoms. The molecule has 2 heterocycles. The van der Waals surface area contributed by atoms with Crippen LogP contribution in [-0.4, -0.2) is 40.0 Å². The average molecular weight is 236 g/mol. The molecule has 1 saturated heterocycles. The monoisotopic (exact) mass is 236 g/mol. The van der Waals surface area contributed by atoms with E-state index in [0.717, 1.165) is 19.3 Å². The number of aromatic amines is 1. The van der Waals surface area contributed by atoms with Crippen molar-refractivity contribution in [3.8, 4) is 0 Å². The van der Waals surface area contributed by atoms with Crippen LogP contribution in [0.4, 0.5) is 5.69 Å². The Morgan fingerprint density at radius 2 is 2.35 bits per heavy atom. The Balaban J connectivity index is 1.86. The number of likely N-dealkylation sites (tertiary alicyclic amines) is 1. The number of carbonyl (C=O) groups excluding carboxylic acids is 2. The molecule has 1 aliphatic rings. The quantitative estimate of drug-likeness (QED) is 0.813. The summed E-state index contributed by atoms with van der Waals surface area (Å²) in [5.41, 5.74) is 0.622. The third-order valence-electron chi connectivity index (χ3n) is 2.79. The Labute approximate surface area is 99.4 Å². The van der Waals surface area contributed by atoms with Gasteiger partial charge in [-0.1, -0.05) is 6.42 Å². The van der Waals surface area contributed by atoms with Crippen molar-refractivity contribution in [2.75, 3.05) is 18.4 Å². The van der Waals surface area contributed by atoms with E-state index in [0.29, 0.717) is 18.7 Å². The molecule has 92 valence electrons. The highest BCUT2D eigenvalue weighted by Gasteiger charge is 2.19. The summed E-state index contributed by atoms with van der Waals surface area (Å²) in [5, 5.41) is 9.03. The standard InChI is InChI=1S/C11H16N4O2/c16-10(14-9-6-12-13-7-9)8-15-5-3-1-2-4-11(15)17/h6-7H,1-5,8H2,(H,12,13)(H,14,16). The lowest BCUT2D eigenvalue weighted by atomic mass is 10.2. The van der Waals surface area contributed by atoms with Crippen molar-refractivity contribution in [2.24, 2.45) is 0 Å². The molecule has 0 bridgehead atoms. The smallest absolute Gasteiger partial charge is 0.244 e. The van der Waals surface area contributed by atoms with Crippen molar-refractivity contribution in [1.29, 1.82) is 0 Å². The second-order valence-electron chi connectivity index (χ2n) is 4.16. The van der Waals surface area contributed by atoms with Crippen LogP contribution < -0.4 is 5.32 Å². The lowest BCUT2D eigenvalue weighted by molar-refractivity contribution is -0.134. The lowest BCUT2D eigenvalue weighted by Crippen LogP contribution is -2.37. The molecule has 2 amide bonds. The van der Waals surface area contributed by atoms with Gasteiger partial charge in [-0.05, 0) is 12.8 Å². The van der Waals surface area contributed by atoms with Gasteiger partial charge in [0.05, 0.1) is 18.4 Å². The van der Waals surface area contributed by atoms with Gasteiger partial charge in [-0.2, -0.15) is 5.10 Å². The van der Waals surface area contributed by atoms with E-state index in [2.05, 4.69) is 15.5 Å². The Morgan fingerprint density at radius 3 is 3.12 bits per heavy atom. The molecule has 6 nitrogen and oxygen atoms in total. The number of anilines is 1. The number of nitrogens with one attached hydrogen (secondary N) is 2. The molecule has 1 fully saturated rings. The maximum absolute atomic E-state index is 11.7. The summed E-state index contributed by atoms with van der Waals surface area (Å²) in [6, 6.07) is 0. The topological polar surface area (TPSA) is 78.1 Å². The van der Waals surface area contributed by atoms with Crippen molar-refractivity contribution in [3.05, 3.63) is 12.4 Å². The van der Waals surface area contributed by atoms with E-state index in [-0.39, 0.29) is 18.4 Å². The van der Waals surface area contributed by atoms with E-state index in [1.54, 1.807) is 11.1 Å². The summed E-state index contributed by atoms with van der Waals surface area (Å²) >= 11 is 0. The molecule has 2 N–H and O–H groups in total. The molecular weight excluding hydrogens is 220 g/mol. The minimum atomic E-state index is -0.179. The highest BCUT2D eigenvalue weighted by molar-refractivity contribution is 5.94. The van der Waals surface area contributed by atoms with Gasteiger partial charge < -0.3 is 10.2 Å². The number of nitrogens with zero attached hydrogens (tertiary/aromatic N) is 2. The molecule has 0 aliphatic carbocycles. The van der Waals surface area contributed by atoms with Gasteiger partial charge in [0.2, 0.25) is 11.8 Å². The predicted molar refractivity (Wildman–Crippen MR) is 62.3 cm³/mol. The third-order valence-corrected chi connectivity index (χ3v) is 2.79. The van der Waals surface area contributed by atoms with Crippen LogP contribution in [0.1, 0.15) is 25.7 Å². The molecule has 6 heteroatoms. The van der Waals surface area contributed by atoms with E-state index in [9.17, 15) is 9.59 Å². The summed E-state index contributed by atoms with van der Waals surface area (Å²) in [4.78, 5) is 25.0. The first-order chi connectivity index (χ1) is 8.25. The predicted octanol–water partition coefficient (Wildman–Crippen LogP) is 0.751. The number of H-pyrrole nitrogens is 1. The van der Waals surface area contributed by atoms with Gasteiger partial charge in [-0.3, -0.25) is 14.7 Å². The SMILES string of the molecule is O=C(CN1CCCCCC1=O)Nc1cn[nH]c1. The van der Waals surface area contributed by atoms with Crippen molar-refractivity contribution in [3.63, 3.8) is 0 Å². The van der Waals surface area contributed by atoms with Gasteiger partial charge in [-0.25, -0.2) is 0 Å². The van der Waals surface area contributed by atoms with Crippen molar-refractivity contribution in [2.45, 2.75) is 25.7 Å². The molecule has 1 aliphatic heterocycles. The van der Waals surface area contributed by atoms with E-state index < -0.39 is 0 Å². The molecule has 1 aromatic rings. The Morgan fingerprint density at radius 1 is 1.47 bits per heavy atom. The number of aromatic nitrogens is 2. The molecule has 2 rings (SSSR count). The summed E-state index contributed by atoms with van der Waals surface area (Å²) in [6.45, 7) is 0.807. The normalized spacial score (nSPS) is 16.7. The average Bonchev–Trinajstić information content (AvgIpc) is 2.71. The zero-order chi connectivity index (χ0) is 12.1. The Bertz CT molecular complexity index is 388. The van der Waals surface area contributed by atoms with Crippen LogP contribution in [0, 0.1) is 0 Å². The highest BCUT2D eigenvalue weighted by atomic mass is 16.2. The molecule has 0 radical (unpaired) electrons. The van der Waals surface area contributed by atoms with Gasteiger partial charge in [0, 0.05) is 19.2 Å². The zero-order valence-corrected chi connectivity index (χ0v) is 9.61. The Kier molecular flexibility index (Phi) is 3.74.